The molecule has 0 fully saturated rings. The maximum atomic E-state index is 12.4. The number of imidazole rings is 1. The minimum Gasteiger partial charge on any atom is -0.868 e. The van der Waals surface area contributed by atoms with E-state index in [-0.39, 0.29) is 24.6 Å². The first-order chi connectivity index (χ1) is 15.8. The molecule has 33 heavy (non-hydrogen) atoms. The number of H-pyrrole nitrogens is 1. The largest absolute Gasteiger partial charge is 1.00 e. The van der Waals surface area contributed by atoms with Crippen LogP contribution in [0.25, 0.3) is 50.3 Å². The summed E-state index contributed by atoms with van der Waals surface area (Å²) in [5.41, 5.74) is 6.50. The van der Waals surface area contributed by atoms with Gasteiger partial charge in [0.15, 0.2) is 0 Å². The van der Waals surface area contributed by atoms with Gasteiger partial charge in [-0.3, -0.25) is 4.57 Å². The second-order valence-corrected chi connectivity index (χ2v) is 7.73. The summed E-state index contributed by atoms with van der Waals surface area (Å²) >= 11 is 0. The molecule has 6 rings (SSSR count). The number of nitrogens with zero attached hydrogens (tertiary/aromatic N) is 2. The minimum atomic E-state index is -0.0154. The summed E-state index contributed by atoms with van der Waals surface area (Å²) in [4.78, 5) is 8.38. The van der Waals surface area contributed by atoms with Gasteiger partial charge in [-0.1, -0.05) is 60.7 Å². The first-order valence-corrected chi connectivity index (χ1v) is 10.5. The fraction of sp³-hybridized carbons (Fsp3) is 0. The molecule has 0 amide bonds. The Morgan fingerprint density at radius 1 is 0.667 bits per heavy atom. The Hall–Kier alpha value is -3.84. The first kappa shape index (κ1) is 21.0. The summed E-state index contributed by atoms with van der Waals surface area (Å²) in [6.45, 7) is 0. The number of pyridine rings is 1. The average Bonchev–Trinajstić information content (AvgIpc) is 3.24. The average molecular weight is 420 g/mol. The van der Waals surface area contributed by atoms with E-state index >= 15 is 0 Å². The van der Waals surface area contributed by atoms with Crippen molar-refractivity contribution < 1.29 is 29.0 Å². The molecule has 0 atom stereocenters. The third-order valence-corrected chi connectivity index (χ3v) is 5.78. The van der Waals surface area contributed by atoms with Crippen LogP contribution in [-0.2, 0) is 0 Å². The first-order valence-electron chi connectivity index (χ1n) is 10.5. The van der Waals surface area contributed by atoms with E-state index in [0.717, 1.165) is 44.8 Å². The Balaban J connectivity index is 0.00000228. The second-order valence-electron chi connectivity index (χ2n) is 7.73. The molecule has 0 aliphatic carbocycles. The van der Waals surface area contributed by atoms with Crippen LogP contribution in [0.5, 0.6) is 5.75 Å². The van der Waals surface area contributed by atoms with Crippen molar-refractivity contribution in [2.45, 2.75) is 0 Å². The number of aromatic amines is 1. The Labute approximate surface area is 203 Å². The van der Waals surface area contributed by atoms with Crippen LogP contribution in [-0.4, -0.2) is 9.55 Å². The van der Waals surface area contributed by atoms with Gasteiger partial charge in [-0.2, -0.15) is 0 Å². The molecule has 2 heterocycles. The number of nitrogens with one attached hydrogen (secondary N) is 1. The van der Waals surface area contributed by atoms with Crippen molar-refractivity contribution in [2.75, 3.05) is 0 Å². The molecule has 0 unspecified atom stereocenters. The number of hydrogen-bond acceptors (Lipinski definition) is 2. The van der Waals surface area contributed by atoms with Crippen LogP contribution in [0.2, 0.25) is 0 Å². The SMILES string of the molecule is [Li+].[O-]c1cccc2ccc(-c3ccccc3-c3nc4ccccc4n3-c3ccccc3)[nH+]c12. The molecule has 0 aliphatic heterocycles. The van der Waals surface area contributed by atoms with Crippen LogP contribution in [0.4, 0.5) is 0 Å². The van der Waals surface area contributed by atoms with Crippen molar-refractivity contribution in [3.05, 3.63) is 109 Å². The van der Waals surface area contributed by atoms with E-state index in [2.05, 4.69) is 39.9 Å². The third-order valence-electron chi connectivity index (χ3n) is 5.78. The van der Waals surface area contributed by atoms with E-state index in [9.17, 15) is 5.11 Å². The van der Waals surface area contributed by atoms with Crippen LogP contribution >= 0.6 is 0 Å². The molecule has 2 aromatic heterocycles. The summed E-state index contributed by atoms with van der Waals surface area (Å²) in [6, 6.07) is 35.9. The molecule has 0 bridgehead atoms. The Bertz CT molecular complexity index is 1590. The van der Waals surface area contributed by atoms with Crippen LogP contribution in [0.1, 0.15) is 0 Å². The third kappa shape index (κ3) is 3.60. The number of hydrogen-bond donors (Lipinski definition) is 0. The zero-order valence-corrected chi connectivity index (χ0v) is 18.2. The Kier molecular flexibility index (Phi) is 5.48. The number of fused-ring (bicyclic) bond motifs is 2. The number of para-hydroxylation sites is 4. The molecule has 1 N–H and O–H groups in total. The fourth-order valence-corrected chi connectivity index (χ4v) is 4.29. The molecule has 152 valence electrons. The molecule has 0 saturated carbocycles. The van der Waals surface area contributed by atoms with E-state index in [1.54, 1.807) is 12.1 Å². The second kappa shape index (κ2) is 8.59. The van der Waals surface area contributed by atoms with E-state index in [1.807, 2.05) is 66.7 Å². The number of rotatable bonds is 3. The van der Waals surface area contributed by atoms with Crippen LogP contribution < -0.4 is 29.0 Å². The van der Waals surface area contributed by atoms with Crippen LogP contribution in [0.15, 0.2) is 109 Å². The van der Waals surface area contributed by atoms with Crippen molar-refractivity contribution in [2.24, 2.45) is 0 Å². The Morgan fingerprint density at radius 2 is 1.39 bits per heavy atom. The summed E-state index contributed by atoms with van der Waals surface area (Å²) in [7, 11) is 0. The maximum Gasteiger partial charge on any atom is 1.00 e. The fourth-order valence-electron chi connectivity index (χ4n) is 4.29. The summed E-state index contributed by atoms with van der Waals surface area (Å²) in [6.07, 6.45) is 0. The van der Waals surface area contributed by atoms with Gasteiger partial charge in [0.2, 0.25) is 11.2 Å². The molecule has 0 saturated heterocycles. The number of benzene rings is 4. The normalized spacial score (nSPS) is 10.9. The van der Waals surface area contributed by atoms with Gasteiger partial charge >= 0.3 is 18.9 Å². The molecule has 0 aliphatic rings. The molecular weight excluding hydrogens is 401 g/mol. The molecule has 0 spiro atoms. The zero-order valence-electron chi connectivity index (χ0n) is 18.2. The van der Waals surface area contributed by atoms with Crippen molar-refractivity contribution in [1.29, 1.82) is 0 Å². The molecular formula is C28H19LiN3O+. The predicted octanol–water partition coefficient (Wildman–Crippen LogP) is 2.40. The molecule has 6 aromatic rings. The standard InChI is InChI=1S/C28H19N3O.Li/c32-26-16-8-9-19-17-18-23(29-27(19)26)21-12-4-5-13-22(21)28-30-24-14-6-7-15-25(24)31(28)20-10-2-1-3-11-20;/h1-18,32H;/q;+1. The van der Waals surface area contributed by atoms with Crippen molar-refractivity contribution in [1.82, 2.24) is 9.55 Å². The minimum absolute atomic E-state index is 0. The molecule has 0 radical (unpaired) electrons. The van der Waals surface area contributed by atoms with Crippen molar-refractivity contribution in [3.8, 4) is 34.1 Å². The molecule has 5 heteroatoms. The smallest absolute Gasteiger partial charge is 0.868 e. The number of aromatic nitrogens is 3. The molecule has 4 nitrogen and oxygen atoms in total. The van der Waals surface area contributed by atoms with E-state index in [1.165, 1.54) is 0 Å². The maximum absolute atomic E-state index is 12.4. The van der Waals surface area contributed by atoms with Gasteiger partial charge in [0, 0.05) is 22.7 Å². The quantitative estimate of drug-likeness (QED) is 0.413. The van der Waals surface area contributed by atoms with Crippen LogP contribution in [0.3, 0.4) is 0 Å². The van der Waals surface area contributed by atoms with Gasteiger partial charge in [-0.15, -0.1) is 0 Å². The monoisotopic (exact) mass is 420 g/mol. The Morgan fingerprint density at radius 3 is 2.24 bits per heavy atom. The predicted molar refractivity (Wildman–Crippen MR) is 125 cm³/mol. The van der Waals surface area contributed by atoms with Gasteiger partial charge in [-0.05, 0) is 48.2 Å². The summed E-state index contributed by atoms with van der Waals surface area (Å²) in [5.74, 6) is 0.843. The van der Waals surface area contributed by atoms with Gasteiger partial charge in [0.25, 0.3) is 0 Å². The zero-order chi connectivity index (χ0) is 21.5. The molecule has 4 aromatic carbocycles. The summed E-state index contributed by atoms with van der Waals surface area (Å²) < 4.78 is 2.19. The summed E-state index contributed by atoms with van der Waals surface area (Å²) in [5, 5.41) is 13.3. The van der Waals surface area contributed by atoms with Gasteiger partial charge < -0.3 is 5.11 Å². The van der Waals surface area contributed by atoms with Crippen LogP contribution in [0, 0.1) is 0 Å². The van der Waals surface area contributed by atoms with Crippen molar-refractivity contribution >= 4 is 21.9 Å². The van der Waals surface area contributed by atoms with E-state index in [4.69, 9.17) is 4.98 Å². The van der Waals surface area contributed by atoms with E-state index in [0.29, 0.717) is 5.52 Å². The van der Waals surface area contributed by atoms with Gasteiger partial charge in [0.1, 0.15) is 5.82 Å². The van der Waals surface area contributed by atoms with Gasteiger partial charge in [-0.25, -0.2) is 9.97 Å². The topological polar surface area (TPSA) is 55.0 Å². The van der Waals surface area contributed by atoms with Gasteiger partial charge in [0.05, 0.1) is 16.6 Å². The van der Waals surface area contributed by atoms with Crippen molar-refractivity contribution in [3.63, 3.8) is 0 Å². The van der Waals surface area contributed by atoms with E-state index < -0.39 is 0 Å².